The van der Waals surface area contributed by atoms with Crippen LogP contribution in [-0.4, -0.2) is 79.4 Å². The van der Waals surface area contributed by atoms with Crippen LogP contribution in [0, 0.1) is 0 Å². The highest BCUT2D eigenvalue weighted by Gasteiger charge is 2.30. The maximum Gasteiger partial charge on any atom is 0.416 e. The summed E-state index contributed by atoms with van der Waals surface area (Å²) in [6.45, 7) is 3.57. The van der Waals surface area contributed by atoms with Gasteiger partial charge in [0.25, 0.3) is 0 Å². The first-order valence-corrected chi connectivity index (χ1v) is 14.4. The summed E-state index contributed by atoms with van der Waals surface area (Å²) in [5.41, 5.74) is 1.46. The van der Waals surface area contributed by atoms with Crippen LogP contribution in [0.2, 0.25) is 0 Å². The van der Waals surface area contributed by atoms with E-state index in [1.165, 1.54) is 33.8 Å². The minimum absolute atomic E-state index is 0.0199. The molecule has 0 spiro atoms. The molecule has 0 amide bonds. The van der Waals surface area contributed by atoms with Crippen LogP contribution < -0.4 is 15.0 Å². The van der Waals surface area contributed by atoms with E-state index < -0.39 is 18.0 Å². The number of aliphatic hydroxyl groups is 1. The van der Waals surface area contributed by atoms with Crippen molar-refractivity contribution in [3.05, 3.63) is 60.0 Å². The normalized spacial score (nSPS) is 19.4. The molecule has 2 N–H and O–H groups in total. The van der Waals surface area contributed by atoms with Crippen LogP contribution in [0.1, 0.15) is 43.2 Å². The van der Waals surface area contributed by atoms with E-state index in [1.807, 2.05) is 28.9 Å². The minimum atomic E-state index is -4.32. The molecule has 2 aliphatic rings. The monoisotopic (exact) mass is 531 g/mol. The Labute approximate surface area is 222 Å². The molecule has 1 unspecified atom stereocenters. The van der Waals surface area contributed by atoms with E-state index in [0.29, 0.717) is 24.4 Å². The van der Waals surface area contributed by atoms with Crippen molar-refractivity contribution < 1.29 is 23.0 Å². The molecule has 11 heteroatoms. The average Bonchev–Trinajstić information content (AvgIpc) is 3.33. The van der Waals surface area contributed by atoms with Crippen LogP contribution in [0.25, 0.3) is 5.65 Å². The Morgan fingerprint density at radius 2 is 1.76 bits per heavy atom. The number of imidazole rings is 1. The van der Waals surface area contributed by atoms with Gasteiger partial charge in [0.1, 0.15) is 29.4 Å². The molecule has 0 bridgehead atoms. The topological polar surface area (TPSA) is 65.3 Å². The minimum Gasteiger partial charge on any atom is -0.490 e. The van der Waals surface area contributed by atoms with Crippen molar-refractivity contribution >= 4 is 27.6 Å². The predicted octanol–water partition coefficient (Wildman–Crippen LogP) is 3.04. The Hall–Kier alpha value is -2.29. The number of pyridine rings is 1. The SMILES string of the molecule is OC(NC1CCN([CH2][AlH2])CC1)c1cn2ccc(OC3CCN(c4ccc(C(F)(F)F)cc4)CC3)cc2n1. The molecule has 2 fully saturated rings. The number of ether oxygens (including phenoxy) is 1. The number of nitrogens with zero attached hydrogens (tertiary/aromatic N) is 4. The molecule has 198 valence electrons. The van der Waals surface area contributed by atoms with Crippen LogP contribution >= 0.6 is 0 Å². The summed E-state index contributed by atoms with van der Waals surface area (Å²) >= 11 is 1.19. The number of aromatic nitrogens is 2. The second-order valence-corrected chi connectivity index (χ2v) is 10.6. The fourth-order valence-electron chi connectivity index (χ4n) is 5.20. The van der Waals surface area contributed by atoms with Crippen LogP contribution in [0.3, 0.4) is 0 Å². The van der Waals surface area contributed by atoms with Crippen molar-refractivity contribution in [1.29, 1.82) is 0 Å². The fraction of sp³-hybridized carbons (Fsp3) is 0.500. The number of aliphatic hydroxyl groups excluding tert-OH is 1. The summed E-state index contributed by atoms with van der Waals surface area (Å²) in [4.78, 5) is 9.18. The molecule has 37 heavy (non-hydrogen) atoms. The van der Waals surface area contributed by atoms with Gasteiger partial charge in [-0.15, -0.1) is 0 Å². The summed E-state index contributed by atoms with van der Waals surface area (Å²) in [5.74, 6) is 0.718. The number of piperidine rings is 2. The molecule has 0 saturated carbocycles. The van der Waals surface area contributed by atoms with Gasteiger partial charge in [-0.1, -0.05) is 5.41 Å². The molecule has 2 saturated heterocycles. The summed E-state index contributed by atoms with van der Waals surface area (Å²) < 4.78 is 46.6. The number of nitrogens with one attached hydrogen (secondary N) is 1. The van der Waals surface area contributed by atoms with Crippen LogP contribution in [0.15, 0.2) is 48.8 Å². The van der Waals surface area contributed by atoms with Crippen molar-refractivity contribution in [3.8, 4) is 5.75 Å². The number of anilines is 1. The van der Waals surface area contributed by atoms with Gasteiger partial charge >= 0.3 is 6.18 Å². The number of hydrogen-bond donors (Lipinski definition) is 2. The Kier molecular flexibility index (Phi) is 7.98. The Morgan fingerprint density at radius 3 is 2.41 bits per heavy atom. The molecular formula is C26H33AlF3N5O2. The maximum absolute atomic E-state index is 12.8. The Balaban J connectivity index is 1.14. The zero-order valence-corrected chi connectivity index (χ0v) is 23.0. The van der Waals surface area contributed by atoms with Gasteiger partial charge in [-0.2, -0.15) is 13.2 Å². The van der Waals surface area contributed by atoms with Crippen LogP contribution in [0.4, 0.5) is 18.9 Å². The zero-order chi connectivity index (χ0) is 26.0. The number of rotatable bonds is 7. The lowest BCUT2D eigenvalue weighted by Gasteiger charge is -2.33. The average molecular weight is 532 g/mol. The lowest BCUT2D eigenvalue weighted by molar-refractivity contribution is -0.137. The summed E-state index contributed by atoms with van der Waals surface area (Å²) in [7, 11) is 0. The molecule has 2 aliphatic heterocycles. The molecule has 1 aromatic carbocycles. The molecular weight excluding hydrogens is 498 g/mol. The highest BCUT2D eigenvalue weighted by Crippen LogP contribution is 2.31. The van der Waals surface area contributed by atoms with Crippen molar-refractivity contribution in [2.45, 2.75) is 50.2 Å². The highest BCUT2D eigenvalue weighted by atomic mass is 27.0. The first-order chi connectivity index (χ1) is 17.8. The van der Waals surface area contributed by atoms with E-state index in [1.54, 1.807) is 0 Å². The van der Waals surface area contributed by atoms with Gasteiger partial charge in [0, 0.05) is 56.1 Å². The summed E-state index contributed by atoms with van der Waals surface area (Å²) in [6, 6.07) is 9.39. The number of alkyl halides is 3. The molecule has 3 aromatic rings. The Morgan fingerprint density at radius 1 is 1.05 bits per heavy atom. The second-order valence-electron chi connectivity index (χ2n) is 9.92. The van der Waals surface area contributed by atoms with Gasteiger partial charge in [-0.25, -0.2) is 4.98 Å². The first kappa shape index (κ1) is 26.3. The third-order valence-electron chi connectivity index (χ3n) is 7.46. The molecule has 7 nitrogen and oxygen atoms in total. The summed E-state index contributed by atoms with van der Waals surface area (Å²) in [6.07, 6.45) is 2.21. The number of hydrogen-bond acceptors (Lipinski definition) is 6. The van der Waals surface area contributed by atoms with Crippen LogP contribution in [-0.2, 0) is 6.18 Å². The Bertz CT molecular complexity index is 1170. The molecule has 5 rings (SSSR count). The number of benzene rings is 1. The van der Waals surface area contributed by atoms with E-state index in [-0.39, 0.29) is 12.1 Å². The molecule has 0 radical (unpaired) electrons. The van der Waals surface area contributed by atoms with E-state index in [9.17, 15) is 18.3 Å². The van der Waals surface area contributed by atoms with Gasteiger partial charge in [0.05, 0.1) is 5.56 Å². The standard InChI is InChI=1S/C26H31F3N5O2.Al.2H/c1-32-11-6-19(7-12-32)30-25(35)23-17-34-15-10-22(16-24(34)31-23)36-21-8-13-33(14-9-21)20-4-2-18(3-5-20)26(27,28)29;;;/h2-5,10,15-17,19,21,25,30,35H,1,6-9,11-14H2;;;. The highest BCUT2D eigenvalue weighted by molar-refractivity contribution is 6.08. The molecule has 0 aliphatic carbocycles. The predicted molar refractivity (Wildman–Crippen MR) is 139 cm³/mol. The lowest BCUT2D eigenvalue weighted by Crippen LogP contribution is -2.44. The van der Waals surface area contributed by atoms with Crippen molar-refractivity contribution in [2.24, 2.45) is 0 Å². The van der Waals surface area contributed by atoms with Crippen LogP contribution in [0.5, 0.6) is 5.75 Å². The number of likely N-dealkylation sites (tertiary alicyclic amines) is 1. The van der Waals surface area contributed by atoms with E-state index >= 15 is 0 Å². The van der Waals surface area contributed by atoms with E-state index in [2.05, 4.69) is 20.1 Å². The van der Waals surface area contributed by atoms with Crippen molar-refractivity contribution in [2.75, 3.05) is 36.5 Å². The van der Waals surface area contributed by atoms with Gasteiger partial charge in [-0.05, 0) is 56.3 Å². The molecule has 4 heterocycles. The van der Waals surface area contributed by atoms with Gasteiger partial charge in [0.15, 0.2) is 0 Å². The molecule has 1 atom stereocenters. The van der Waals surface area contributed by atoms with Crippen molar-refractivity contribution in [1.82, 2.24) is 19.6 Å². The van der Waals surface area contributed by atoms with E-state index in [4.69, 9.17) is 4.74 Å². The second kappa shape index (κ2) is 11.2. The zero-order valence-electron chi connectivity index (χ0n) is 21.0. The fourth-order valence-corrected chi connectivity index (χ4v) is 5.83. The smallest absolute Gasteiger partial charge is 0.416 e. The molecule has 2 aromatic heterocycles. The number of fused-ring (bicyclic) bond motifs is 1. The van der Waals surface area contributed by atoms with Gasteiger partial charge < -0.3 is 24.0 Å². The van der Waals surface area contributed by atoms with Crippen molar-refractivity contribution in [3.63, 3.8) is 0 Å². The van der Waals surface area contributed by atoms with Gasteiger partial charge in [-0.3, -0.25) is 5.32 Å². The number of halogens is 3. The third kappa shape index (κ3) is 6.41. The maximum atomic E-state index is 12.8. The third-order valence-corrected chi connectivity index (χ3v) is 8.36. The first-order valence-electron chi connectivity index (χ1n) is 13.0. The van der Waals surface area contributed by atoms with E-state index in [0.717, 1.165) is 62.3 Å². The lowest BCUT2D eigenvalue weighted by atomic mass is 10.1. The quantitative estimate of drug-likeness (QED) is 0.361. The van der Waals surface area contributed by atoms with Gasteiger partial charge in [0.2, 0.25) is 16.3 Å². The summed E-state index contributed by atoms with van der Waals surface area (Å²) in [5, 5.41) is 15.2. The largest absolute Gasteiger partial charge is 0.490 e.